The minimum atomic E-state index is -1.19. The monoisotopic (exact) mass is 138 g/mol. The summed E-state index contributed by atoms with van der Waals surface area (Å²) in [5.41, 5.74) is 0. The van der Waals surface area contributed by atoms with Crippen LogP contribution in [0.5, 0.6) is 0 Å². The fourth-order valence-electron chi connectivity index (χ4n) is 0.206. The third-order valence-electron chi connectivity index (χ3n) is 0.659. The zero-order chi connectivity index (χ0) is 6.73. The van der Waals surface area contributed by atoms with E-state index < -0.39 is 17.5 Å². The third kappa shape index (κ3) is 2.14. The van der Waals surface area contributed by atoms with Gasteiger partial charge in [0, 0.05) is 0 Å². The van der Waals surface area contributed by atoms with Crippen LogP contribution in [0.3, 0.4) is 0 Å². The van der Waals surface area contributed by atoms with Crippen molar-refractivity contribution in [3.63, 3.8) is 0 Å². The SMILES string of the molecule is C[C@@H](O)[C@@H](Cl)C(=O)O. The summed E-state index contributed by atoms with van der Waals surface area (Å²) in [5.74, 6) is -1.19. The summed E-state index contributed by atoms with van der Waals surface area (Å²) in [6, 6.07) is 0. The van der Waals surface area contributed by atoms with E-state index in [2.05, 4.69) is 0 Å². The van der Waals surface area contributed by atoms with Crippen LogP contribution in [0.15, 0.2) is 0 Å². The first-order chi connectivity index (χ1) is 3.55. The zero-order valence-electron chi connectivity index (χ0n) is 4.34. The maximum absolute atomic E-state index is 9.85. The molecule has 48 valence electrons. The predicted molar refractivity (Wildman–Crippen MR) is 29.0 cm³/mol. The maximum Gasteiger partial charge on any atom is 0.324 e. The molecule has 0 unspecified atom stereocenters. The van der Waals surface area contributed by atoms with Gasteiger partial charge >= 0.3 is 5.97 Å². The number of carboxylic acid groups (broad SMARTS) is 1. The lowest BCUT2D eigenvalue weighted by atomic mass is 10.3. The maximum atomic E-state index is 9.85. The lowest BCUT2D eigenvalue weighted by Crippen LogP contribution is -2.25. The first-order valence-electron chi connectivity index (χ1n) is 2.10. The number of hydrogen-bond donors (Lipinski definition) is 2. The van der Waals surface area contributed by atoms with E-state index in [-0.39, 0.29) is 0 Å². The summed E-state index contributed by atoms with van der Waals surface area (Å²) in [4.78, 5) is 9.85. The second-order valence-corrected chi connectivity index (χ2v) is 1.95. The fraction of sp³-hybridized carbons (Fsp3) is 0.750. The Morgan fingerprint density at radius 1 is 1.75 bits per heavy atom. The van der Waals surface area contributed by atoms with Crippen molar-refractivity contribution in [1.82, 2.24) is 0 Å². The van der Waals surface area contributed by atoms with Crippen molar-refractivity contribution in [1.29, 1.82) is 0 Å². The van der Waals surface area contributed by atoms with Crippen molar-refractivity contribution in [2.24, 2.45) is 0 Å². The Kier molecular flexibility index (Phi) is 2.79. The fourth-order valence-corrected chi connectivity index (χ4v) is 0.206. The first-order valence-corrected chi connectivity index (χ1v) is 2.54. The van der Waals surface area contributed by atoms with E-state index >= 15 is 0 Å². The highest BCUT2D eigenvalue weighted by Gasteiger charge is 2.18. The number of halogens is 1. The molecular formula is C4H7ClO3. The van der Waals surface area contributed by atoms with Gasteiger partial charge in [0.05, 0.1) is 6.10 Å². The molecule has 2 atom stereocenters. The Hall–Kier alpha value is -0.280. The van der Waals surface area contributed by atoms with Crippen molar-refractivity contribution in [3.8, 4) is 0 Å². The molecule has 0 bridgehead atoms. The van der Waals surface area contributed by atoms with Crippen LogP contribution in [-0.4, -0.2) is 27.7 Å². The van der Waals surface area contributed by atoms with Crippen molar-refractivity contribution in [2.75, 3.05) is 0 Å². The Bertz CT molecular complexity index is 91.3. The standard InChI is InChI=1S/C4H7ClO3/c1-2(6)3(5)4(7)8/h2-3,6H,1H3,(H,7,8)/t2-,3-/m1/s1. The van der Waals surface area contributed by atoms with Crippen molar-refractivity contribution in [3.05, 3.63) is 0 Å². The minimum absolute atomic E-state index is 0.992. The summed E-state index contributed by atoms with van der Waals surface area (Å²) in [6.45, 7) is 1.33. The largest absolute Gasteiger partial charge is 0.480 e. The van der Waals surface area contributed by atoms with Crippen molar-refractivity contribution < 1.29 is 15.0 Å². The molecule has 2 N–H and O–H groups in total. The number of aliphatic carboxylic acids is 1. The van der Waals surface area contributed by atoms with Gasteiger partial charge in [0.1, 0.15) is 0 Å². The number of hydrogen-bond acceptors (Lipinski definition) is 2. The van der Waals surface area contributed by atoms with Crippen LogP contribution < -0.4 is 0 Å². The van der Waals surface area contributed by atoms with E-state index in [0.717, 1.165) is 0 Å². The Morgan fingerprint density at radius 3 is 2.12 bits per heavy atom. The third-order valence-corrected chi connectivity index (χ3v) is 1.21. The smallest absolute Gasteiger partial charge is 0.324 e. The molecule has 0 rings (SSSR count). The predicted octanol–water partition coefficient (Wildman–Crippen LogP) is 0.0592. The molecule has 0 radical (unpaired) electrons. The molecule has 0 heterocycles. The second kappa shape index (κ2) is 2.89. The molecule has 0 saturated heterocycles. The quantitative estimate of drug-likeness (QED) is 0.531. The Morgan fingerprint density at radius 2 is 2.12 bits per heavy atom. The van der Waals surface area contributed by atoms with Gasteiger partial charge in [0.25, 0.3) is 0 Å². The van der Waals surface area contributed by atoms with Gasteiger partial charge in [-0.15, -0.1) is 11.6 Å². The van der Waals surface area contributed by atoms with E-state index in [9.17, 15) is 4.79 Å². The number of carbonyl (C=O) groups is 1. The second-order valence-electron chi connectivity index (χ2n) is 1.48. The van der Waals surface area contributed by atoms with Gasteiger partial charge < -0.3 is 10.2 Å². The normalized spacial score (nSPS) is 17.4. The highest BCUT2D eigenvalue weighted by atomic mass is 35.5. The Balaban J connectivity index is 3.64. The van der Waals surface area contributed by atoms with Gasteiger partial charge in [-0.25, -0.2) is 0 Å². The summed E-state index contributed by atoms with van der Waals surface area (Å²) < 4.78 is 0. The van der Waals surface area contributed by atoms with Gasteiger partial charge in [-0.2, -0.15) is 0 Å². The molecular weight excluding hydrogens is 131 g/mol. The molecule has 0 spiro atoms. The van der Waals surface area contributed by atoms with Gasteiger partial charge in [-0.3, -0.25) is 4.79 Å². The summed E-state index contributed by atoms with van der Waals surface area (Å²) in [6.07, 6.45) is -0.992. The molecule has 4 heteroatoms. The number of aliphatic hydroxyl groups is 1. The van der Waals surface area contributed by atoms with Gasteiger partial charge in [-0.05, 0) is 6.92 Å². The number of rotatable bonds is 2. The van der Waals surface area contributed by atoms with Crippen LogP contribution in [0.4, 0.5) is 0 Å². The van der Waals surface area contributed by atoms with E-state index in [1.807, 2.05) is 0 Å². The molecule has 8 heavy (non-hydrogen) atoms. The van der Waals surface area contributed by atoms with Crippen LogP contribution >= 0.6 is 11.6 Å². The van der Waals surface area contributed by atoms with E-state index in [1.54, 1.807) is 0 Å². The molecule has 0 saturated carbocycles. The molecule has 0 aromatic carbocycles. The highest BCUT2D eigenvalue weighted by molar-refractivity contribution is 6.30. The van der Waals surface area contributed by atoms with Crippen molar-refractivity contribution >= 4 is 17.6 Å². The number of aliphatic hydroxyl groups excluding tert-OH is 1. The Labute approximate surface area is 51.9 Å². The van der Waals surface area contributed by atoms with Gasteiger partial charge in [0.2, 0.25) is 0 Å². The van der Waals surface area contributed by atoms with E-state index in [0.29, 0.717) is 0 Å². The molecule has 0 fully saturated rings. The van der Waals surface area contributed by atoms with E-state index in [1.165, 1.54) is 6.92 Å². The summed E-state index contributed by atoms with van der Waals surface area (Å²) in [7, 11) is 0. The highest BCUT2D eigenvalue weighted by Crippen LogP contribution is 2.00. The average Bonchev–Trinajstić information content (AvgIpc) is 1.64. The number of carboxylic acids is 1. The minimum Gasteiger partial charge on any atom is -0.480 e. The van der Waals surface area contributed by atoms with Crippen LogP contribution in [0, 0.1) is 0 Å². The molecule has 0 aromatic rings. The summed E-state index contributed by atoms with van der Waals surface area (Å²) in [5, 5.41) is 15.4. The van der Waals surface area contributed by atoms with Crippen LogP contribution in [0.25, 0.3) is 0 Å². The van der Waals surface area contributed by atoms with E-state index in [4.69, 9.17) is 21.8 Å². The number of alkyl halides is 1. The molecule has 0 aliphatic rings. The molecule has 0 aliphatic heterocycles. The first kappa shape index (κ1) is 7.72. The van der Waals surface area contributed by atoms with Gasteiger partial charge in [-0.1, -0.05) is 0 Å². The molecule has 0 aromatic heterocycles. The topological polar surface area (TPSA) is 57.5 Å². The van der Waals surface area contributed by atoms with Crippen LogP contribution in [0.2, 0.25) is 0 Å². The summed E-state index contributed by atoms with van der Waals surface area (Å²) >= 11 is 5.10. The van der Waals surface area contributed by atoms with Crippen LogP contribution in [0.1, 0.15) is 6.92 Å². The zero-order valence-corrected chi connectivity index (χ0v) is 5.09. The van der Waals surface area contributed by atoms with Crippen LogP contribution in [-0.2, 0) is 4.79 Å². The lowest BCUT2D eigenvalue weighted by molar-refractivity contribution is -0.138. The van der Waals surface area contributed by atoms with Crippen molar-refractivity contribution in [2.45, 2.75) is 18.4 Å². The molecule has 0 aliphatic carbocycles. The lowest BCUT2D eigenvalue weighted by Gasteiger charge is -2.04. The molecule has 3 nitrogen and oxygen atoms in total. The average molecular weight is 139 g/mol. The van der Waals surface area contributed by atoms with Gasteiger partial charge in [0.15, 0.2) is 5.38 Å². The molecule has 0 amide bonds.